The Hall–Kier alpha value is -3.72. The summed E-state index contributed by atoms with van der Waals surface area (Å²) in [5.74, 6) is -2.04. The molecule has 0 aromatic carbocycles. The molecule has 82 heavy (non-hydrogen) atoms. The standard InChI is InChI=1S/C47H77N5O30/c1-15(59)50-18(8-49-25-6-4-5-7-48-25)28(63)38(19(62)9-53)78-46-36(71)41(30(65)21(11-55)74-46)81-44-27(52-17(3)61)33(68)40(24(14-58)77-44)80-47-37(72)42(31(66)22(12-56)75-47)82-43-26(51-16(2)60)32(67)39(23(13-57)76-43)79-45-35(70)34(69)29(64)20(10-54)73-45/h4-7,18-24,26-47,53-58,62-72H,8-14H2,1-3H3,(H,48,49)(H,50,59)(H,51,60)(H,52,61)/t18-,19+,20+,21+,22+,23+,24+,26+,27+,28+,29-,30-,31-,32+,33+,34-,35+,36+,37+,38+,39+,40+,41-,42-,43-,44-,45-,46-,47-/m0/s1. The Bertz CT molecular complexity index is 2140. The Labute approximate surface area is 466 Å². The summed E-state index contributed by atoms with van der Waals surface area (Å²) in [7, 11) is 0. The van der Waals surface area contributed by atoms with Crippen molar-refractivity contribution in [3.63, 3.8) is 0 Å². The molecule has 0 aliphatic carbocycles. The molecular weight excluding hydrogens is 1110 g/mol. The van der Waals surface area contributed by atoms with Crippen LogP contribution in [0.25, 0.3) is 0 Å². The molecule has 0 spiro atoms. The summed E-state index contributed by atoms with van der Waals surface area (Å²) < 4.78 is 58.0. The number of hydrogen-bond acceptors (Lipinski definition) is 32. The van der Waals surface area contributed by atoms with Gasteiger partial charge < -0.3 is 155 Å². The maximum atomic E-state index is 12.7. The van der Waals surface area contributed by atoms with Crippen molar-refractivity contribution in [3.8, 4) is 0 Å². The zero-order valence-corrected chi connectivity index (χ0v) is 44.4. The van der Waals surface area contributed by atoms with E-state index in [1.54, 1.807) is 18.2 Å². The summed E-state index contributed by atoms with van der Waals surface area (Å²) in [5.41, 5.74) is 0. The molecule has 0 saturated carbocycles. The molecule has 1 aromatic heterocycles. The highest BCUT2D eigenvalue weighted by Gasteiger charge is 2.58. The van der Waals surface area contributed by atoms with Crippen molar-refractivity contribution in [1.82, 2.24) is 20.9 Å². The van der Waals surface area contributed by atoms with E-state index in [0.717, 1.165) is 20.8 Å². The van der Waals surface area contributed by atoms with E-state index in [1.165, 1.54) is 6.20 Å². The van der Waals surface area contributed by atoms with E-state index in [-0.39, 0.29) is 6.54 Å². The second-order valence-electron chi connectivity index (χ2n) is 20.1. The van der Waals surface area contributed by atoms with Crippen molar-refractivity contribution < 1.29 is 149 Å². The third-order valence-electron chi connectivity index (χ3n) is 14.3. The Morgan fingerprint density at radius 1 is 0.512 bits per heavy atom. The van der Waals surface area contributed by atoms with Crippen LogP contribution in [0.5, 0.6) is 0 Å². The molecule has 1 aromatic rings. The number of carbonyl (C=O) groups excluding carboxylic acids is 3. The molecule has 5 aliphatic heterocycles. The first-order chi connectivity index (χ1) is 38.9. The summed E-state index contributed by atoms with van der Waals surface area (Å²) in [6.07, 6.45) is -48.8. The molecule has 5 saturated heterocycles. The van der Waals surface area contributed by atoms with E-state index in [9.17, 15) is 101 Å². The van der Waals surface area contributed by atoms with Gasteiger partial charge in [0.2, 0.25) is 17.7 Å². The Kier molecular flexibility index (Phi) is 25.1. The lowest BCUT2D eigenvalue weighted by Crippen LogP contribution is -2.70. The van der Waals surface area contributed by atoms with Crippen molar-refractivity contribution in [2.24, 2.45) is 0 Å². The number of amides is 3. The molecule has 35 nitrogen and oxygen atoms in total. The average Bonchev–Trinajstić information content (AvgIpc) is 2.74. The number of nitrogens with one attached hydrogen (secondary N) is 4. The predicted octanol–water partition coefficient (Wildman–Crippen LogP) is -12.5. The van der Waals surface area contributed by atoms with Crippen molar-refractivity contribution in [1.29, 1.82) is 0 Å². The third-order valence-corrected chi connectivity index (χ3v) is 14.3. The van der Waals surface area contributed by atoms with Gasteiger partial charge >= 0.3 is 0 Å². The summed E-state index contributed by atoms with van der Waals surface area (Å²) in [6, 6.07) is -0.0265. The van der Waals surface area contributed by atoms with Crippen LogP contribution in [-0.2, 0) is 61.8 Å². The molecular formula is C47H77N5O30. The SMILES string of the molecule is CC(=O)N[C@H]1[C@H](O[C@H]2[C@@H](O)[C@@H](CO)O[C@@H](O[C@H]3[C@H](O)[C@@H](NC(C)=O)[C@H](O[C@H]4[C@@H](O)[C@@H](CO)O[C@@H](O[C@@H]([C@H](O)[C@H](CNc5ccccn5)NC(C)=O)[C@H](O)CO)[C@@H]4O)O[C@@H]3CO)[C@@H]2O)O[C@H](CO)[C@@H](O[C@@H]2O[C@H](CO)[C@H](O)[C@H](O)[C@H]2O)[C@@H]1O. The van der Waals surface area contributed by atoms with Gasteiger partial charge in [-0.1, -0.05) is 6.07 Å². The topological polar surface area (TPSA) is 548 Å². The van der Waals surface area contributed by atoms with Crippen molar-refractivity contribution in [2.75, 3.05) is 51.5 Å². The monoisotopic (exact) mass is 1190 g/mol. The van der Waals surface area contributed by atoms with Gasteiger partial charge in [-0.15, -0.1) is 0 Å². The van der Waals surface area contributed by atoms with Crippen LogP contribution in [0, 0.1) is 0 Å². The molecule has 35 heteroatoms. The molecule has 21 N–H and O–H groups in total. The number of aliphatic hydroxyl groups excluding tert-OH is 17. The molecule has 0 radical (unpaired) electrons. The second kappa shape index (κ2) is 30.6. The fourth-order valence-corrected chi connectivity index (χ4v) is 10.0. The van der Waals surface area contributed by atoms with Crippen LogP contribution in [0.15, 0.2) is 24.4 Å². The first-order valence-corrected chi connectivity index (χ1v) is 26.1. The Balaban J connectivity index is 1.21. The Morgan fingerprint density at radius 2 is 0.939 bits per heavy atom. The van der Waals surface area contributed by atoms with E-state index in [1.807, 2.05) is 0 Å². The zero-order chi connectivity index (χ0) is 60.4. The van der Waals surface area contributed by atoms with Crippen molar-refractivity contribution in [3.05, 3.63) is 24.4 Å². The van der Waals surface area contributed by atoms with Gasteiger partial charge in [-0.3, -0.25) is 14.4 Å². The first-order valence-electron chi connectivity index (χ1n) is 26.1. The third kappa shape index (κ3) is 15.8. The highest BCUT2D eigenvalue weighted by atomic mass is 16.8. The van der Waals surface area contributed by atoms with Crippen molar-refractivity contribution in [2.45, 2.75) is 199 Å². The molecule has 5 fully saturated rings. The molecule has 0 unspecified atom stereocenters. The largest absolute Gasteiger partial charge is 0.394 e. The Morgan fingerprint density at radius 3 is 1.37 bits per heavy atom. The number of nitrogens with zero attached hydrogens (tertiary/aromatic N) is 1. The molecule has 6 rings (SSSR count). The highest BCUT2D eigenvalue weighted by molar-refractivity contribution is 5.74. The fraction of sp³-hybridized carbons (Fsp3) is 0.830. The number of aliphatic hydroxyl groups is 17. The van der Waals surface area contributed by atoms with Gasteiger partial charge in [0, 0.05) is 33.5 Å². The van der Waals surface area contributed by atoms with Gasteiger partial charge in [0.25, 0.3) is 0 Å². The minimum absolute atomic E-state index is 0.245. The zero-order valence-electron chi connectivity index (χ0n) is 44.4. The van der Waals surface area contributed by atoms with E-state index in [0.29, 0.717) is 5.82 Å². The van der Waals surface area contributed by atoms with Gasteiger partial charge in [-0.2, -0.15) is 0 Å². The molecule has 29 atom stereocenters. The number of anilines is 1. The van der Waals surface area contributed by atoms with Gasteiger partial charge in [0.15, 0.2) is 31.5 Å². The molecule has 5 aliphatic rings. The minimum atomic E-state index is -2.23. The van der Waals surface area contributed by atoms with E-state index >= 15 is 0 Å². The number of carbonyl (C=O) groups is 3. The number of rotatable bonds is 25. The summed E-state index contributed by atoms with van der Waals surface area (Å²) in [5, 5.41) is 195. The molecule has 3 amide bonds. The van der Waals surface area contributed by atoms with Gasteiger partial charge in [0.1, 0.15) is 146 Å². The van der Waals surface area contributed by atoms with Crippen LogP contribution in [0.1, 0.15) is 20.8 Å². The van der Waals surface area contributed by atoms with Crippen LogP contribution in [0.2, 0.25) is 0 Å². The maximum absolute atomic E-state index is 12.7. The number of pyridine rings is 1. The van der Waals surface area contributed by atoms with Crippen LogP contribution in [0.3, 0.4) is 0 Å². The highest BCUT2D eigenvalue weighted by Crippen LogP contribution is 2.36. The summed E-state index contributed by atoms with van der Waals surface area (Å²) in [4.78, 5) is 41.6. The summed E-state index contributed by atoms with van der Waals surface area (Å²) >= 11 is 0. The molecule has 0 bridgehead atoms. The predicted molar refractivity (Wildman–Crippen MR) is 262 cm³/mol. The van der Waals surface area contributed by atoms with Gasteiger partial charge in [-0.25, -0.2) is 4.98 Å². The van der Waals surface area contributed by atoms with Crippen LogP contribution < -0.4 is 21.3 Å². The van der Waals surface area contributed by atoms with E-state index in [4.69, 9.17) is 47.4 Å². The molecule has 6 heterocycles. The number of hydrogen-bond donors (Lipinski definition) is 21. The van der Waals surface area contributed by atoms with E-state index < -0.39 is 235 Å². The van der Waals surface area contributed by atoms with Crippen LogP contribution in [0.4, 0.5) is 5.82 Å². The number of ether oxygens (including phenoxy) is 10. The number of aromatic nitrogens is 1. The van der Waals surface area contributed by atoms with Crippen LogP contribution >= 0.6 is 0 Å². The van der Waals surface area contributed by atoms with Crippen LogP contribution in [-0.4, -0.2) is 333 Å². The van der Waals surface area contributed by atoms with E-state index in [2.05, 4.69) is 26.3 Å². The summed E-state index contributed by atoms with van der Waals surface area (Å²) in [6.45, 7) is -3.17. The lowest BCUT2D eigenvalue weighted by atomic mass is 9.94. The van der Waals surface area contributed by atoms with Gasteiger partial charge in [0.05, 0.1) is 45.7 Å². The first kappa shape index (κ1) is 67.4. The normalized spacial score (nSPS) is 41.3. The quantitative estimate of drug-likeness (QED) is 0.0432. The average molecular weight is 1190 g/mol. The minimum Gasteiger partial charge on any atom is -0.394 e. The lowest BCUT2D eigenvalue weighted by Gasteiger charge is -2.50. The fourth-order valence-electron chi connectivity index (χ4n) is 10.0. The maximum Gasteiger partial charge on any atom is 0.217 e. The van der Waals surface area contributed by atoms with Gasteiger partial charge in [-0.05, 0) is 12.1 Å². The van der Waals surface area contributed by atoms with Crippen molar-refractivity contribution >= 4 is 23.5 Å². The lowest BCUT2D eigenvalue weighted by molar-refractivity contribution is -0.384. The molecule has 470 valence electrons. The second-order valence-corrected chi connectivity index (χ2v) is 20.1. The smallest absolute Gasteiger partial charge is 0.217 e.